The van der Waals surface area contributed by atoms with Crippen LogP contribution in [0.1, 0.15) is 144 Å². The van der Waals surface area contributed by atoms with E-state index in [-0.39, 0.29) is 32.5 Å². The van der Waals surface area contributed by atoms with E-state index in [1.165, 1.54) is 78.3 Å². The van der Waals surface area contributed by atoms with E-state index in [1.54, 1.807) is 0 Å². The highest BCUT2D eigenvalue weighted by atomic mass is 16.5. The lowest BCUT2D eigenvalue weighted by Crippen LogP contribution is -2.46. The molecule has 7 aromatic carbocycles. The molecular formula is C68H76N4O. The minimum absolute atomic E-state index is 0.0405. The fourth-order valence-electron chi connectivity index (χ4n) is 10.9. The van der Waals surface area contributed by atoms with Crippen molar-refractivity contribution in [2.75, 3.05) is 16.5 Å². The molecule has 10 rings (SSSR count). The molecule has 2 aliphatic heterocycles. The Morgan fingerprint density at radius 3 is 1.45 bits per heavy atom. The summed E-state index contributed by atoms with van der Waals surface area (Å²) in [4.78, 5) is 5.01. The quantitative estimate of drug-likeness (QED) is 0.159. The summed E-state index contributed by atoms with van der Waals surface area (Å²) in [6, 6.07) is 56.3. The monoisotopic (exact) mass is 965 g/mol. The second kappa shape index (κ2) is 17.4. The normalized spacial score (nSPS) is 15.2. The number of anilines is 4. The van der Waals surface area contributed by atoms with Gasteiger partial charge in [0.1, 0.15) is 18.2 Å². The number of nitrogens with zero attached hydrogens (tertiary/aromatic N) is 4. The number of para-hydroxylation sites is 3. The molecule has 3 heterocycles. The van der Waals surface area contributed by atoms with Gasteiger partial charge in [0.15, 0.2) is 0 Å². The molecule has 374 valence electrons. The van der Waals surface area contributed by atoms with Crippen LogP contribution in [0, 0.1) is 0 Å². The Balaban J connectivity index is 1.09. The number of benzene rings is 7. The minimum atomic E-state index is -0.197. The van der Waals surface area contributed by atoms with Crippen LogP contribution >= 0.6 is 0 Å². The van der Waals surface area contributed by atoms with Crippen LogP contribution in [0.4, 0.5) is 22.7 Å². The maximum Gasteiger partial charge on any atom is 0.129 e. The van der Waals surface area contributed by atoms with E-state index in [1.807, 2.05) is 6.20 Å². The fourth-order valence-corrected chi connectivity index (χ4v) is 10.9. The first kappa shape index (κ1) is 49.7. The molecule has 0 N–H and O–H groups in total. The Hall–Kier alpha value is -6.85. The molecule has 2 aliphatic rings. The van der Waals surface area contributed by atoms with Crippen LogP contribution < -0.4 is 14.5 Å². The molecule has 73 heavy (non-hydrogen) atoms. The average molecular weight is 965 g/mol. The van der Waals surface area contributed by atoms with Gasteiger partial charge in [-0.05, 0) is 96.5 Å². The molecule has 1 aromatic heterocycles. The molecule has 0 atom stereocenters. The maximum absolute atomic E-state index is 6.90. The average Bonchev–Trinajstić information content (AvgIpc) is 3.96. The van der Waals surface area contributed by atoms with Crippen molar-refractivity contribution in [2.24, 2.45) is 0 Å². The Labute approximate surface area is 436 Å². The second-order valence-electron chi connectivity index (χ2n) is 26.0. The molecule has 0 saturated heterocycles. The summed E-state index contributed by atoms with van der Waals surface area (Å²) in [6.07, 6.45) is 2.03. The lowest BCUT2D eigenvalue weighted by Gasteiger charge is -2.47. The van der Waals surface area contributed by atoms with Crippen LogP contribution in [-0.4, -0.2) is 16.4 Å². The lowest BCUT2D eigenvalue weighted by molar-refractivity contribution is 0.275. The van der Waals surface area contributed by atoms with Gasteiger partial charge in [0, 0.05) is 45.3 Å². The molecule has 5 nitrogen and oxygen atoms in total. The Morgan fingerprint density at radius 2 is 0.918 bits per heavy atom. The molecular weight excluding hydrogens is 889 g/mol. The SMILES string of the molecule is CC(C)(C)c1cc(-c2cccc(-c3cc(C(C)(C)C)cc(C(C)(C)C)c3)c2N2CN(c3cccc(Oc4ccc5c(c4)-n4ncc(-c6ccccc6)c4C(C)(C)C5(C)C)c3)c3ccccc32)cc(C(C)(C)C)c1. The molecule has 0 fully saturated rings. The predicted molar refractivity (Wildman–Crippen MR) is 309 cm³/mol. The summed E-state index contributed by atoms with van der Waals surface area (Å²) in [6.45, 7) is 38.0. The molecule has 5 heteroatoms. The summed E-state index contributed by atoms with van der Waals surface area (Å²) in [7, 11) is 0. The number of aromatic nitrogens is 2. The van der Waals surface area contributed by atoms with Crippen molar-refractivity contribution in [1.82, 2.24) is 9.78 Å². The van der Waals surface area contributed by atoms with Crippen LogP contribution in [-0.2, 0) is 32.5 Å². The fraction of sp³-hybridized carbons (Fsp3) is 0.338. The third-order valence-corrected chi connectivity index (χ3v) is 16.2. The smallest absolute Gasteiger partial charge is 0.129 e. The highest BCUT2D eigenvalue weighted by Gasteiger charge is 2.48. The predicted octanol–water partition coefficient (Wildman–Crippen LogP) is 18.7. The highest BCUT2D eigenvalue weighted by Crippen LogP contribution is 2.54. The number of rotatable bonds is 7. The number of ether oxygens (including phenoxy) is 1. The number of hydrogen-bond donors (Lipinski definition) is 0. The number of fused-ring (bicyclic) bond motifs is 4. The van der Waals surface area contributed by atoms with E-state index in [2.05, 4.69) is 277 Å². The van der Waals surface area contributed by atoms with E-state index in [0.717, 1.165) is 28.6 Å². The van der Waals surface area contributed by atoms with E-state index in [9.17, 15) is 0 Å². The molecule has 8 aromatic rings. The van der Waals surface area contributed by atoms with Crippen LogP contribution in [0.5, 0.6) is 11.5 Å². The molecule has 0 amide bonds. The van der Waals surface area contributed by atoms with Gasteiger partial charge in [-0.2, -0.15) is 5.10 Å². The van der Waals surface area contributed by atoms with Gasteiger partial charge in [-0.15, -0.1) is 0 Å². The first-order valence-corrected chi connectivity index (χ1v) is 26.4. The summed E-state index contributed by atoms with van der Waals surface area (Å²) in [5.74, 6) is 1.55. The largest absolute Gasteiger partial charge is 0.457 e. The van der Waals surface area contributed by atoms with Crippen LogP contribution in [0.15, 0.2) is 158 Å². The zero-order valence-corrected chi connectivity index (χ0v) is 46.4. The molecule has 0 radical (unpaired) electrons. The Kier molecular flexibility index (Phi) is 11.8. The van der Waals surface area contributed by atoms with Gasteiger partial charge in [-0.25, -0.2) is 4.68 Å². The molecule has 0 spiro atoms. The van der Waals surface area contributed by atoms with Crippen LogP contribution in [0.3, 0.4) is 0 Å². The van der Waals surface area contributed by atoms with Crippen molar-refractivity contribution in [3.05, 3.63) is 191 Å². The van der Waals surface area contributed by atoms with Crippen molar-refractivity contribution in [3.8, 4) is 50.6 Å². The third-order valence-electron chi connectivity index (χ3n) is 16.2. The van der Waals surface area contributed by atoms with E-state index >= 15 is 0 Å². The standard InChI is InChI=1S/C68H76N4O/c1-63(2,3)47-34-45(35-48(38-47)64(4,5)6)54-28-23-29-55(46-36-49(65(7,8)9)39-50(37-46)66(10,11)12)61(54)71-43-70(58-30-20-21-31-59(58)71)51-26-22-27-52(40-51)73-53-32-33-57-60(41-53)72-62(68(15,16)67(57,13)14)56(42-69-72)44-24-18-17-19-25-44/h17-42H,43H2,1-16H3. The summed E-state index contributed by atoms with van der Waals surface area (Å²) >= 11 is 0. The van der Waals surface area contributed by atoms with Gasteiger partial charge < -0.3 is 14.5 Å². The first-order chi connectivity index (χ1) is 34.2. The lowest BCUT2D eigenvalue weighted by atomic mass is 9.59. The summed E-state index contributed by atoms with van der Waals surface area (Å²) < 4.78 is 9.05. The minimum Gasteiger partial charge on any atom is -0.457 e. The van der Waals surface area contributed by atoms with Gasteiger partial charge in [-0.3, -0.25) is 0 Å². The van der Waals surface area contributed by atoms with Crippen molar-refractivity contribution in [1.29, 1.82) is 0 Å². The van der Waals surface area contributed by atoms with Crippen LogP contribution in [0.25, 0.3) is 39.1 Å². The topological polar surface area (TPSA) is 33.5 Å². The van der Waals surface area contributed by atoms with Gasteiger partial charge in [0.25, 0.3) is 0 Å². The summed E-state index contributed by atoms with van der Waals surface area (Å²) in [5.41, 5.74) is 20.2. The van der Waals surface area contributed by atoms with E-state index < -0.39 is 0 Å². The second-order valence-corrected chi connectivity index (χ2v) is 26.0. The van der Waals surface area contributed by atoms with Crippen molar-refractivity contribution in [3.63, 3.8) is 0 Å². The van der Waals surface area contributed by atoms with Crippen molar-refractivity contribution >= 4 is 22.7 Å². The highest BCUT2D eigenvalue weighted by molar-refractivity contribution is 5.99. The zero-order chi connectivity index (χ0) is 52.2. The van der Waals surface area contributed by atoms with Gasteiger partial charge in [0.05, 0.1) is 34.6 Å². The zero-order valence-electron chi connectivity index (χ0n) is 46.4. The molecule has 0 aliphatic carbocycles. The van der Waals surface area contributed by atoms with Gasteiger partial charge in [-0.1, -0.05) is 220 Å². The van der Waals surface area contributed by atoms with Crippen LogP contribution in [0.2, 0.25) is 0 Å². The first-order valence-electron chi connectivity index (χ1n) is 26.4. The Bertz CT molecular complexity index is 3240. The summed E-state index contributed by atoms with van der Waals surface area (Å²) in [5, 5.41) is 5.06. The number of hydrogen-bond acceptors (Lipinski definition) is 4. The molecule has 0 unspecified atom stereocenters. The van der Waals surface area contributed by atoms with E-state index in [4.69, 9.17) is 9.84 Å². The van der Waals surface area contributed by atoms with Gasteiger partial charge in [0.2, 0.25) is 0 Å². The van der Waals surface area contributed by atoms with E-state index in [0.29, 0.717) is 6.67 Å². The third kappa shape index (κ3) is 8.87. The van der Waals surface area contributed by atoms with Crippen molar-refractivity contribution in [2.45, 2.75) is 143 Å². The maximum atomic E-state index is 6.90. The molecule has 0 saturated carbocycles. The molecule has 0 bridgehead atoms. The Morgan fingerprint density at radius 1 is 0.425 bits per heavy atom. The van der Waals surface area contributed by atoms with Gasteiger partial charge >= 0.3 is 0 Å². The van der Waals surface area contributed by atoms with Crippen molar-refractivity contribution < 1.29 is 4.74 Å².